The van der Waals surface area contributed by atoms with Crippen molar-refractivity contribution in [2.75, 3.05) is 67.8 Å². The predicted molar refractivity (Wildman–Crippen MR) is 120 cm³/mol. The SMILES string of the molecule is CCNC(=NCCc1c(OC)cc(OC)cc1OC)NC1CCN(CCOC)CC1. The summed E-state index contributed by atoms with van der Waals surface area (Å²) < 4.78 is 21.6. The van der Waals surface area contributed by atoms with Crippen LogP contribution < -0.4 is 24.8 Å². The topological polar surface area (TPSA) is 76.6 Å². The fourth-order valence-electron chi connectivity index (χ4n) is 3.64. The fraction of sp³-hybridized carbons (Fsp3) is 0.682. The van der Waals surface area contributed by atoms with Gasteiger partial charge in [-0.1, -0.05) is 0 Å². The summed E-state index contributed by atoms with van der Waals surface area (Å²) in [5.41, 5.74) is 0.992. The van der Waals surface area contributed by atoms with E-state index < -0.39 is 0 Å². The zero-order valence-electron chi connectivity index (χ0n) is 19.1. The summed E-state index contributed by atoms with van der Waals surface area (Å²) in [5, 5.41) is 6.95. The highest BCUT2D eigenvalue weighted by atomic mass is 16.5. The first kappa shape index (κ1) is 24.1. The van der Waals surface area contributed by atoms with Gasteiger partial charge in [-0.05, 0) is 26.2 Å². The molecule has 2 rings (SSSR count). The molecule has 1 aromatic carbocycles. The average molecular weight is 423 g/mol. The van der Waals surface area contributed by atoms with Gasteiger partial charge in [-0.2, -0.15) is 0 Å². The summed E-state index contributed by atoms with van der Waals surface area (Å²) in [5.74, 6) is 3.08. The Morgan fingerprint density at radius 1 is 1.07 bits per heavy atom. The van der Waals surface area contributed by atoms with Gasteiger partial charge in [-0.3, -0.25) is 4.99 Å². The van der Waals surface area contributed by atoms with Crippen LogP contribution in [0.25, 0.3) is 0 Å². The highest BCUT2D eigenvalue weighted by Crippen LogP contribution is 2.34. The van der Waals surface area contributed by atoms with Crippen molar-refractivity contribution in [2.24, 2.45) is 4.99 Å². The summed E-state index contributed by atoms with van der Waals surface area (Å²) in [6.07, 6.45) is 2.92. The van der Waals surface area contributed by atoms with Gasteiger partial charge in [-0.15, -0.1) is 0 Å². The quantitative estimate of drug-likeness (QED) is 0.417. The maximum atomic E-state index is 5.54. The highest BCUT2D eigenvalue weighted by Gasteiger charge is 2.20. The van der Waals surface area contributed by atoms with Crippen LogP contribution in [0.5, 0.6) is 17.2 Å². The van der Waals surface area contributed by atoms with Crippen molar-refractivity contribution in [1.82, 2.24) is 15.5 Å². The van der Waals surface area contributed by atoms with Gasteiger partial charge in [0.05, 0.1) is 27.9 Å². The van der Waals surface area contributed by atoms with Crippen LogP contribution in [0, 0.1) is 0 Å². The Kier molecular flexibility index (Phi) is 10.6. The van der Waals surface area contributed by atoms with Gasteiger partial charge in [0, 0.05) is 63.6 Å². The molecule has 30 heavy (non-hydrogen) atoms. The van der Waals surface area contributed by atoms with Gasteiger partial charge in [0.2, 0.25) is 0 Å². The normalized spacial score (nSPS) is 15.7. The molecule has 0 aromatic heterocycles. The zero-order valence-corrected chi connectivity index (χ0v) is 19.1. The van der Waals surface area contributed by atoms with E-state index >= 15 is 0 Å². The second-order valence-electron chi connectivity index (χ2n) is 7.27. The van der Waals surface area contributed by atoms with Crippen LogP contribution in [0.15, 0.2) is 17.1 Å². The number of nitrogens with one attached hydrogen (secondary N) is 2. The van der Waals surface area contributed by atoms with E-state index in [-0.39, 0.29) is 0 Å². The summed E-state index contributed by atoms with van der Waals surface area (Å²) >= 11 is 0. The molecular formula is C22H38N4O4. The maximum Gasteiger partial charge on any atom is 0.191 e. The number of likely N-dealkylation sites (tertiary alicyclic amines) is 1. The van der Waals surface area contributed by atoms with Crippen LogP contribution in [-0.4, -0.2) is 84.7 Å². The minimum Gasteiger partial charge on any atom is -0.496 e. The Balaban J connectivity index is 1.96. The lowest BCUT2D eigenvalue weighted by atomic mass is 10.1. The van der Waals surface area contributed by atoms with Crippen molar-refractivity contribution in [3.63, 3.8) is 0 Å². The molecule has 0 atom stereocenters. The van der Waals surface area contributed by atoms with Crippen LogP contribution in [0.1, 0.15) is 25.3 Å². The van der Waals surface area contributed by atoms with Crippen molar-refractivity contribution in [1.29, 1.82) is 0 Å². The zero-order chi connectivity index (χ0) is 21.8. The Labute approximate surface area is 180 Å². The largest absolute Gasteiger partial charge is 0.496 e. The van der Waals surface area contributed by atoms with Crippen LogP contribution in [0.4, 0.5) is 0 Å². The number of guanidine groups is 1. The van der Waals surface area contributed by atoms with Gasteiger partial charge in [-0.25, -0.2) is 0 Å². The third kappa shape index (κ3) is 7.25. The number of benzene rings is 1. The predicted octanol–water partition coefficient (Wildman–Crippen LogP) is 1.92. The molecule has 1 saturated heterocycles. The number of methoxy groups -OCH3 is 4. The molecule has 170 valence electrons. The Morgan fingerprint density at radius 3 is 2.27 bits per heavy atom. The molecule has 0 amide bonds. The van der Waals surface area contributed by atoms with Crippen molar-refractivity contribution in [3.05, 3.63) is 17.7 Å². The van der Waals surface area contributed by atoms with E-state index in [1.54, 1.807) is 28.4 Å². The summed E-state index contributed by atoms with van der Waals surface area (Å²) in [6, 6.07) is 4.19. The Hall–Kier alpha value is -2.19. The molecular weight excluding hydrogens is 384 g/mol. The van der Waals surface area contributed by atoms with Gasteiger partial charge in [0.15, 0.2) is 5.96 Å². The van der Waals surface area contributed by atoms with Gasteiger partial charge in [0.1, 0.15) is 17.2 Å². The van der Waals surface area contributed by atoms with E-state index in [4.69, 9.17) is 23.9 Å². The third-order valence-corrected chi connectivity index (χ3v) is 5.33. The molecule has 1 aliphatic heterocycles. The molecule has 0 spiro atoms. The smallest absolute Gasteiger partial charge is 0.191 e. The number of nitrogens with zero attached hydrogens (tertiary/aromatic N) is 2. The maximum absolute atomic E-state index is 5.54. The molecule has 1 aromatic rings. The second kappa shape index (κ2) is 13.2. The Bertz CT molecular complexity index is 636. The van der Waals surface area contributed by atoms with E-state index in [1.807, 2.05) is 12.1 Å². The number of ether oxygens (including phenoxy) is 4. The van der Waals surface area contributed by atoms with Crippen LogP contribution >= 0.6 is 0 Å². The molecule has 1 aliphatic rings. The van der Waals surface area contributed by atoms with E-state index in [2.05, 4.69) is 22.5 Å². The first-order valence-electron chi connectivity index (χ1n) is 10.7. The number of hydrogen-bond donors (Lipinski definition) is 2. The lowest BCUT2D eigenvalue weighted by molar-refractivity contribution is 0.128. The number of aliphatic imine (C=N–C) groups is 1. The number of piperidine rings is 1. The van der Waals surface area contributed by atoms with E-state index in [0.29, 0.717) is 24.8 Å². The summed E-state index contributed by atoms with van der Waals surface area (Å²) in [6.45, 7) is 7.50. The monoisotopic (exact) mass is 422 g/mol. The molecule has 0 unspecified atom stereocenters. The number of hydrogen-bond acceptors (Lipinski definition) is 6. The Morgan fingerprint density at radius 2 is 1.73 bits per heavy atom. The van der Waals surface area contributed by atoms with Crippen LogP contribution in [-0.2, 0) is 11.2 Å². The minimum absolute atomic E-state index is 0.437. The van der Waals surface area contributed by atoms with Gasteiger partial charge < -0.3 is 34.5 Å². The molecule has 0 aliphatic carbocycles. The summed E-state index contributed by atoms with van der Waals surface area (Å²) in [7, 11) is 6.70. The van der Waals surface area contributed by atoms with Crippen molar-refractivity contribution < 1.29 is 18.9 Å². The van der Waals surface area contributed by atoms with Crippen LogP contribution in [0.2, 0.25) is 0 Å². The molecule has 0 bridgehead atoms. The highest BCUT2D eigenvalue weighted by molar-refractivity contribution is 5.80. The summed E-state index contributed by atoms with van der Waals surface area (Å²) in [4.78, 5) is 7.24. The molecule has 2 N–H and O–H groups in total. The molecule has 1 heterocycles. The van der Waals surface area contributed by atoms with Crippen molar-refractivity contribution in [3.8, 4) is 17.2 Å². The fourth-order valence-corrected chi connectivity index (χ4v) is 3.64. The molecule has 0 radical (unpaired) electrons. The van der Waals surface area contributed by atoms with Crippen LogP contribution in [0.3, 0.4) is 0 Å². The lowest BCUT2D eigenvalue weighted by Crippen LogP contribution is -2.49. The second-order valence-corrected chi connectivity index (χ2v) is 7.27. The van der Waals surface area contributed by atoms with E-state index in [0.717, 1.165) is 68.6 Å². The molecule has 8 nitrogen and oxygen atoms in total. The van der Waals surface area contributed by atoms with E-state index in [9.17, 15) is 0 Å². The first-order valence-corrected chi connectivity index (χ1v) is 10.7. The average Bonchev–Trinajstić information content (AvgIpc) is 2.78. The number of rotatable bonds is 11. The standard InChI is InChI=1S/C22H38N4O4/c1-6-23-22(25-17-8-11-26(12-9-17)13-14-27-2)24-10-7-19-20(29-4)15-18(28-3)16-21(19)30-5/h15-17H,6-14H2,1-5H3,(H2,23,24,25). The van der Waals surface area contributed by atoms with E-state index in [1.165, 1.54) is 0 Å². The van der Waals surface area contributed by atoms with Crippen molar-refractivity contribution in [2.45, 2.75) is 32.2 Å². The van der Waals surface area contributed by atoms with Gasteiger partial charge in [0.25, 0.3) is 0 Å². The minimum atomic E-state index is 0.437. The van der Waals surface area contributed by atoms with Gasteiger partial charge >= 0.3 is 0 Å². The molecule has 1 fully saturated rings. The lowest BCUT2D eigenvalue weighted by Gasteiger charge is -2.32. The molecule has 0 saturated carbocycles. The van der Waals surface area contributed by atoms with Crippen molar-refractivity contribution >= 4 is 5.96 Å². The first-order chi connectivity index (χ1) is 14.6. The molecule has 8 heteroatoms. The third-order valence-electron chi connectivity index (χ3n) is 5.33.